The van der Waals surface area contributed by atoms with Gasteiger partial charge in [-0.15, -0.1) is 0 Å². The Morgan fingerprint density at radius 1 is 1.00 bits per heavy atom. The van der Waals surface area contributed by atoms with Crippen molar-refractivity contribution in [3.63, 3.8) is 0 Å². The molecule has 4 N–H and O–H groups in total. The van der Waals surface area contributed by atoms with Crippen LogP contribution in [0, 0.1) is 0 Å². The lowest BCUT2D eigenvalue weighted by Gasteiger charge is -1.79. The monoisotopic (exact) mass is 198 g/mol. The van der Waals surface area contributed by atoms with E-state index in [2.05, 4.69) is 19.6 Å². The molecule has 8 nitrogen and oxygen atoms in total. The highest BCUT2D eigenvalue weighted by atomic mass is 16.5. The normalized spacial score (nSPS) is 10.6. The second-order valence-corrected chi connectivity index (χ2v) is 2.73. The van der Waals surface area contributed by atoms with Crippen molar-refractivity contribution < 1.29 is 18.4 Å². The van der Waals surface area contributed by atoms with Gasteiger partial charge < -0.3 is 11.5 Å². The van der Waals surface area contributed by atoms with Crippen LogP contribution in [-0.2, 0) is 13.1 Å². The van der Waals surface area contributed by atoms with Crippen molar-refractivity contribution in [2.75, 3.05) is 11.5 Å². The van der Waals surface area contributed by atoms with Crippen molar-refractivity contribution in [3.05, 3.63) is 12.4 Å². The molecule has 2 heterocycles. The molecule has 0 aliphatic rings. The van der Waals surface area contributed by atoms with Gasteiger partial charge in [0.2, 0.25) is 23.6 Å². The Kier molecular flexibility index (Phi) is 2.01. The third-order valence-corrected chi connectivity index (χ3v) is 1.61. The third-order valence-electron chi connectivity index (χ3n) is 1.61. The van der Waals surface area contributed by atoms with Crippen LogP contribution < -0.4 is 20.8 Å². The van der Waals surface area contributed by atoms with E-state index in [4.69, 9.17) is 11.5 Å². The number of nitrogens with two attached hydrogens (primary N) is 2. The van der Waals surface area contributed by atoms with Crippen molar-refractivity contribution in [3.8, 4) is 0 Å². The van der Waals surface area contributed by atoms with Gasteiger partial charge in [-0.3, -0.25) is 9.05 Å². The Balaban J connectivity index is 1.94. The summed E-state index contributed by atoms with van der Waals surface area (Å²) in [4.78, 5) is 0. The molecule has 2 aromatic rings. The number of hydrogen-bond donors (Lipinski definition) is 2. The second kappa shape index (κ2) is 3.32. The van der Waals surface area contributed by atoms with Crippen LogP contribution in [0.5, 0.6) is 0 Å². The first-order chi connectivity index (χ1) is 6.74. The van der Waals surface area contributed by atoms with Crippen LogP contribution in [0.1, 0.15) is 0 Å². The van der Waals surface area contributed by atoms with E-state index in [9.17, 15) is 0 Å². The fourth-order valence-corrected chi connectivity index (χ4v) is 1.00. The van der Waals surface area contributed by atoms with E-state index in [-0.39, 0.29) is 11.8 Å². The summed E-state index contributed by atoms with van der Waals surface area (Å²) in [5.74, 6) is 0.546. The van der Waals surface area contributed by atoms with Crippen LogP contribution in [0.3, 0.4) is 0 Å². The van der Waals surface area contributed by atoms with Gasteiger partial charge >= 0.3 is 0 Å². The summed E-state index contributed by atoms with van der Waals surface area (Å²) in [5.41, 5.74) is 10.7. The van der Waals surface area contributed by atoms with Crippen molar-refractivity contribution >= 4 is 11.8 Å². The van der Waals surface area contributed by atoms with Gasteiger partial charge in [-0.1, -0.05) is 0 Å². The maximum Gasteiger partial charge on any atom is 0.293 e. The molecule has 0 bridgehead atoms. The van der Waals surface area contributed by atoms with Gasteiger partial charge in [0.1, 0.15) is 0 Å². The number of nitrogens with zero attached hydrogens (tertiary/aromatic N) is 4. The Morgan fingerprint density at radius 2 is 1.43 bits per heavy atom. The quantitative estimate of drug-likeness (QED) is 0.557. The van der Waals surface area contributed by atoms with Crippen molar-refractivity contribution in [2.45, 2.75) is 13.1 Å². The fraction of sp³-hybridized carbons (Fsp3) is 0.333. The maximum absolute atomic E-state index is 5.34. The molecule has 0 saturated heterocycles. The molecule has 2 aromatic heterocycles. The molecule has 0 radical (unpaired) electrons. The van der Waals surface area contributed by atoms with Crippen LogP contribution in [-0.4, -0.2) is 10.5 Å². The summed E-state index contributed by atoms with van der Waals surface area (Å²) in [6, 6.07) is 0. The van der Waals surface area contributed by atoms with Gasteiger partial charge in [0.05, 0.1) is 0 Å². The first-order valence-electron chi connectivity index (χ1n) is 3.98. The molecule has 74 valence electrons. The SMILES string of the molecule is Nc1c[n+](CC[n+]2cc(N)on2)no1. The molecule has 0 aromatic carbocycles. The first kappa shape index (κ1) is 8.48. The minimum absolute atomic E-state index is 0.273. The molecule has 8 heteroatoms. The molecule has 0 aliphatic heterocycles. The molecule has 2 rings (SSSR count). The van der Waals surface area contributed by atoms with E-state index in [1.165, 1.54) is 0 Å². The Hall–Kier alpha value is -2.12. The summed E-state index contributed by atoms with van der Waals surface area (Å²) in [6.45, 7) is 1.16. The highest BCUT2D eigenvalue weighted by molar-refractivity contribution is 5.11. The zero-order valence-electron chi connectivity index (χ0n) is 7.33. The molecule has 0 amide bonds. The van der Waals surface area contributed by atoms with Gasteiger partial charge in [-0.05, 0) is 9.36 Å². The van der Waals surface area contributed by atoms with Crippen molar-refractivity contribution in [1.29, 1.82) is 0 Å². The summed E-state index contributed by atoms with van der Waals surface area (Å²) < 4.78 is 12.5. The number of anilines is 2. The fourth-order valence-electron chi connectivity index (χ4n) is 1.00. The highest BCUT2D eigenvalue weighted by Gasteiger charge is 2.15. The van der Waals surface area contributed by atoms with Gasteiger partial charge in [0.25, 0.3) is 24.2 Å². The van der Waals surface area contributed by atoms with E-state index in [0.717, 1.165) is 0 Å². The molecule has 14 heavy (non-hydrogen) atoms. The lowest BCUT2D eigenvalue weighted by molar-refractivity contribution is -0.837. The van der Waals surface area contributed by atoms with E-state index in [1.54, 1.807) is 21.8 Å². The van der Waals surface area contributed by atoms with Gasteiger partial charge in [-0.2, -0.15) is 0 Å². The van der Waals surface area contributed by atoms with Crippen molar-refractivity contribution in [2.24, 2.45) is 0 Å². The summed E-state index contributed by atoms with van der Waals surface area (Å²) in [6.07, 6.45) is 3.17. The van der Waals surface area contributed by atoms with Gasteiger partial charge in [0, 0.05) is 0 Å². The molecule has 0 unspecified atom stereocenters. The zero-order valence-corrected chi connectivity index (χ0v) is 7.33. The lowest BCUT2D eigenvalue weighted by Crippen LogP contribution is -2.45. The van der Waals surface area contributed by atoms with Gasteiger partial charge in [0.15, 0.2) is 0 Å². The number of aryl methyl sites for hydroxylation is 2. The first-order valence-corrected chi connectivity index (χ1v) is 3.98. The minimum Gasteiger partial charge on any atom is -0.362 e. The number of nitrogen functional groups attached to an aromatic ring is 2. The van der Waals surface area contributed by atoms with E-state index in [1.807, 2.05) is 0 Å². The van der Waals surface area contributed by atoms with E-state index >= 15 is 0 Å². The second-order valence-electron chi connectivity index (χ2n) is 2.73. The molecule has 0 saturated carbocycles. The topological polar surface area (TPSA) is 112 Å². The molecule has 0 atom stereocenters. The van der Waals surface area contributed by atoms with E-state index < -0.39 is 0 Å². The van der Waals surface area contributed by atoms with Crippen LogP contribution >= 0.6 is 0 Å². The number of rotatable bonds is 3. The standard InChI is InChI=1S/C6H10N6O2/c7-5-3-11(9-13-5)1-2-12-4-6(8)14-10-12/h3-4H,1-2,7-8H2/q+2. The van der Waals surface area contributed by atoms with E-state index in [0.29, 0.717) is 13.1 Å². The smallest absolute Gasteiger partial charge is 0.293 e. The minimum atomic E-state index is 0.273. The molecule has 0 spiro atoms. The lowest BCUT2D eigenvalue weighted by atomic mass is 10.6. The predicted octanol–water partition coefficient (Wildman–Crippen LogP) is -1.90. The van der Waals surface area contributed by atoms with Gasteiger partial charge in [-0.25, -0.2) is 0 Å². The Bertz CT molecular complexity index is 381. The Morgan fingerprint density at radius 3 is 1.71 bits per heavy atom. The van der Waals surface area contributed by atoms with Crippen LogP contribution in [0.25, 0.3) is 0 Å². The molecular formula is C6H10N6O2+2. The highest BCUT2D eigenvalue weighted by Crippen LogP contribution is 1.91. The largest absolute Gasteiger partial charge is 0.362 e. The van der Waals surface area contributed by atoms with Crippen molar-refractivity contribution in [1.82, 2.24) is 10.5 Å². The molecular weight excluding hydrogens is 188 g/mol. The summed E-state index contributed by atoms with van der Waals surface area (Å²) >= 11 is 0. The summed E-state index contributed by atoms with van der Waals surface area (Å²) in [5, 5.41) is 7.30. The van der Waals surface area contributed by atoms with Crippen LogP contribution in [0.4, 0.5) is 11.8 Å². The van der Waals surface area contributed by atoms with Crippen LogP contribution in [0.15, 0.2) is 21.4 Å². The Labute approximate surface area is 78.6 Å². The maximum atomic E-state index is 5.34. The number of aromatic nitrogens is 4. The number of hydrogen-bond acceptors (Lipinski definition) is 6. The zero-order chi connectivity index (χ0) is 9.97. The average Bonchev–Trinajstić information content (AvgIpc) is 2.72. The third kappa shape index (κ3) is 1.79. The average molecular weight is 198 g/mol. The summed E-state index contributed by atoms with van der Waals surface area (Å²) in [7, 11) is 0. The molecule has 0 fully saturated rings. The van der Waals surface area contributed by atoms with Crippen LogP contribution in [0.2, 0.25) is 0 Å². The predicted molar refractivity (Wildman–Crippen MR) is 42.2 cm³/mol. The molecule has 0 aliphatic carbocycles.